The molecule has 0 N–H and O–H groups in total. The van der Waals surface area contributed by atoms with E-state index >= 15 is 0 Å². The maximum atomic E-state index is 12.7. The van der Waals surface area contributed by atoms with E-state index in [1.54, 1.807) is 21.7 Å². The summed E-state index contributed by atoms with van der Waals surface area (Å²) >= 11 is 0. The third kappa shape index (κ3) is 4.98. The van der Waals surface area contributed by atoms with Crippen LogP contribution in [0.5, 0.6) is 17.2 Å². The lowest BCUT2D eigenvalue weighted by atomic mass is 10.3. The summed E-state index contributed by atoms with van der Waals surface area (Å²) in [5, 5.41) is 12.1. The normalized spacial score (nSPS) is 13.5. The van der Waals surface area contributed by atoms with Gasteiger partial charge in [-0.3, -0.25) is 4.79 Å². The molecule has 3 aromatic carbocycles. The molecule has 1 aliphatic rings. The van der Waals surface area contributed by atoms with Crippen LogP contribution < -0.4 is 14.4 Å². The number of benzene rings is 3. The fourth-order valence-corrected chi connectivity index (χ4v) is 3.74. The predicted molar refractivity (Wildman–Crippen MR) is 126 cm³/mol. The molecule has 1 saturated heterocycles. The molecule has 9 heteroatoms. The van der Waals surface area contributed by atoms with E-state index in [4.69, 9.17) is 9.47 Å². The summed E-state index contributed by atoms with van der Waals surface area (Å²) in [7, 11) is 0. The minimum Gasteiger partial charge on any atom is -0.484 e. The van der Waals surface area contributed by atoms with Crippen LogP contribution in [-0.4, -0.2) is 63.8 Å². The molecule has 0 aliphatic carbocycles. The number of tetrazole rings is 1. The Bertz CT molecular complexity index is 1210. The summed E-state index contributed by atoms with van der Waals surface area (Å²) in [5.74, 6) is 2.72. The molecule has 0 unspecified atom stereocenters. The van der Waals surface area contributed by atoms with E-state index in [2.05, 4.69) is 20.4 Å². The Morgan fingerprint density at radius 2 is 1.38 bits per heavy atom. The molecule has 9 nitrogen and oxygen atoms in total. The maximum Gasteiger partial charge on any atom is 0.260 e. The van der Waals surface area contributed by atoms with Crippen LogP contribution >= 0.6 is 0 Å². The van der Waals surface area contributed by atoms with Gasteiger partial charge in [-0.05, 0) is 59.0 Å². The number of hydrogen-bond donors (Lipinski definition) is 0. The highest BCUT2D eigenvalue weighted by Gasteiger charge is 2.25. The standard InChI is InChI=1S/C25H24N6O3/c32-24(19-33-21-11-13-23(14-12-21)34-22-9-5-2-6-10-22)29-15-17-30(18-16-29)25-26-27-28-31(25)20-7-3-1-4-8-20/h1-14H,15-19H2. The summed E-state index contributed by atoms with van der Waals surface area (Å²) in [6.45, 7) is 2.43. The molecule has 4 aromatic rings. The Morgan fingerprint density at radius 1 is 0.765 bits per heavy atom. The molecule has 1 fully saturated rings. The molecule has 0 saturated carbocycles. The highest BCUT2D eigenvalue weighted by Crippen LogP contribution is 2.23. The first-order valence-corrected chi connectivity index (χ1v) is 11.1. The summed E-state index contributed by atoms with van der Waals surface area (Å²) in [5.41, 5.74) is 0.898. The Hall–Kier alpha value is -4.40. The van der Waals surface area contributed by atoms with E-state index in [1.807, 2.05) is 72.8 Å². The van der Waals surface area contributed by atoms with Crippen LogP contribution in [0.2, 0.25) is 0 Å². The second-order valence-electron chi connectivity index (χ2n) is 7.77. The van der Waals surface area contributed by atoms with Crippen LogP contribution in [0, 0.1) is 0 Å². The lowest BCUT2D eigenvalue weighted by Gasteiger charge is -2.34. The number of para-hydroxylation sites is 2. The monoisotopic (exact) mass is 456 g/mol. The number of ether oxygens (including phenoxy) is 2. The number of hydrogen-bond acceptors (Lipinski definition) is 7. The van der Waals surface area contributed by atoms with Crippen molar-refractivity contribution in [1.82, 2.24) is 25.1 Å². The number of nitrogens with zero attached hydrogens (tertiary/aromatic N) is 6. The minimum absolute atomic E-state index is 0.0133. The first-order chi connectivity index (χ1) is 16.8. The van der Waals surface area contributed by atoms with Gasteiger partial charge in [0.1, 0.15) is 17.2 Å². The van der Waals surface area contributed by atoms with Crippen LogP contribution in [0.3, 0.4) is 0 Å². The molecule has 1 aliphatic heterocycles. The molecule has 1 amide bonds. The lowest BCUT2D eigenvalue weighted by Crippen LogP contribution is -2.50. The molecular weight excluding hydrogens is 432 g/mol. The summed E-state index contributed by atoms with van der Waals surface area (Å²) in [4.78, 5) is 16.6. The molecule has 5 rings (SSSR count). The Morgan fingerprint density at radius 3 is 2.09 bits per heavy atom. The van der Waals surface area contributed by atoms with Crippen molar-refractivity contribution in [2.24, 2.45) is 0 Å². The zero-order valence-electron chi connectivity index (χ0n) is 18.5. The van der Waals surface area contributed by atoms with Gasteiger partial charge in [0.15, 0.2) is 6.61 Å². The molecule has 1 aromatic heterocycles. The highest BCUT2D eigenvalue weighted by molar-refractivity contribution is 5.78. The van der Waals surface area contributed by atoms with E-state index < -0.39 is 0 Å². The smallest absolute Gasteiger partial charge is 0.260 e. The fourth-order valence-electron chi connectivity index (χ4n) is 3.74. The second kappa shape index (κ2) is 10.0. The van der Waals surface area contributed by atoms with Gasteiger partial charge in [-0.2, -0.15) is 4.68 Å². The quantitative estimate of drug-likeness (QED) is 0.422. The van der Waals surface area contributed by atoms with Crippen molar-refractivity contribution in [2.45, 2.75) is 0 Å². The van der Waals surface area contributed by atoms with Gasteiger partial charge in [-0.1, -0.05) is 41.5 Å². The number of carbonyl (C=O) groups is 1. The van der Waals surface area contributed by atoms with Gasteiger partial charge in [0, 0.05) is 26.2 Å². The predicted octanol–water partition coefficient (Wildman–Crippen LogP) is 3.18. The van der Waals surface area contributed by atoms with Gasteiger partial charge in [0.05, 0.1) is 5.69 Å². The van der Waals surface area contributed by atoms with Crippen molar-refractivity contribution < 1.29 is 14.3 Å². The van der Waals surface area contributed by atoms with Crippen LogP contribution in [-0.2, 0) is 4.79 Å². The van der Waals surface area contributed by atoms with E-state index in [0.717, 1.165) is 11.4 Å². The molecule has 34 heavy (non-hydrogen) atoms. The lowest BCUT2D eigenvalue weighted by molar-refractivity contribution is -0.133. The first-order valence-electron chi connectivity index (χ1n) is 11.1. The van der Waals surface area contributed by atoms with Gasteiger partial charge in [0.2, 0.25) is 5.95 Å². The molecule has 0 atom stereocenters. The van der Waals surface area contributed by atoms with Crippen molar-refractivity contribution in [2.75, 3.05) is 37.7 Å². The third-order valence-electron chi connectivity index (χ3n) is 5.53. The number of piperazine rings is 1. The average molecular weight is 457 g/mol. The summed E-state index contributed by atoms with van der Waals surface area (Å²) in [6.07, 6.45) is 0. The summed E-state index contributed by atoms with van der Waals surface area (Å²) in [6, 6.07) is 26.6. The second-order valence-corrected chi connectivity index (χ2v) is 7.77. The third-order valence-corrected chi connectivity index (χ3v) is 5.53. The maximum absolute atomic E-state index is 12.7. The van der Waals surface area contributed by atoms with Gasteiger partial charge in [0.25, 0.3) is 5.91 Å². The number of anilines is 1. The number of rotatable bonds is 7. The van der Waals surface area contributed by atoms with Gasteiger partial charge >= 0.3 is 0 Å². The van der Waals surface area contributed by atoms with Crippen LogP contribution in [0.1, 0.15) is 0 Å². The number of carbonyl (C=O) groups excluding carboxylic acids is 1. The average Bonchev–Trinajstić information content (AvgIpc) is 3.39. The molecule has 0 spiro atoms. The van der Waals surface area contributed by atoms with E-state index in [-0.39, 0.29) is 12.5 Å². The molecular formula is C25H24N6O3. The van der Waals surface area contributed by atoms with E-state index in [1.165, 1.54) is 0 Å². The van der Waals surface area contributed by atoms with Crippen molar-refractivity contribution in [3.05, 3.63) is 84.9 Å². The molecule has 0 radical (unpaired) electrons. The van der Waals surface area contributed by atoms with Crippen molar-refractivity contribution in [3.63, 3.8) is 0 Å². The van der Waals surface area contributed by atoms with Crippen molar-refractivity contribution >= 4 is 11.9 Å². The zero-order valence-corrected chi connectivity index (χ0v) is 18.5. The van der Waals surface area contributed by atoms with Crippen LogP contribution in [0.25, 0.3) is 5.69 Å². The largest absolute Gasteiger partial charge is 0.484 e. The number of amides is 1. The molecule has 0 bridgehead atoms. The van der Waals surface area contributed by atoms with Gasteiger partial charge in [-0.25, -0.2) is 0 Å². The minimum atomic E-state index is -0.0492. The summed E-state index contributed by atoms with van der Waals surface area (Å²) < 4.78 is 13.2. The van der Waals surface area contributed by atoms with Crippen LogP contribution in [0.15, 0.2) is 84.9 Å². The van der Waals surface area contributed by atoms with Gasteiger partial charge in [-0.15, -0.1) is 0 Å². The number of aromatic nitrogens is 4. The Labute approximate surface area is 197 Å². The molecule has 172 valence electrons. The topological polar surface area (TPSA) is 85.6 Å². The van der Waals surface area contributed by atoms with Crippen LogP contribution in [0.4, 0.5) is 5.95 Å². The zero-order chi connectivity index (χ0) is 23.2. The van der Waals surface area contributed by atoms with E-state index in [0.29, 0.717) is 43.6 Å². The van der Waals surface area contributed by atoms with Gasteiger partial charge < -0.3 is 19.3 Å². The van der Waals surface area contributed by atoms with Crippen molar-refractivity contribution in [1.29, 1.82) is 0 Å². The highest BCUT2D eigenvalue weighted by atomic mass is 16.5. The Kier molecular flexibility index (Phi) is 6.33. The Balaban J connectivity index is 1.11. The first kappa shape index (κ1) is 21.4. The van der Waals surface area contributed by atoms with Crippen molar-refractivity contribution in [3.8, 4) is 22.9 Å². The SMILES string of the molecule is O=C(COc1ccc(Oc2ccccc2)cc1)N1CCN(c2nnnn2-c2ccccc2)CC1. The van der Waals surface area contributed by atoms with E-state index in [9.17, 15) is 4.79 Å². The molecule has 2 heterocycles. The fraction of sp³-hybridized carbons (Fsp3) is 0.200.